The predicted octanol–water partition coefficient (Wildman–Crippen LogP) is 3.44. The standard InChI is InChI=1S/C19H23ClN2O4/c1-22(11-13-5-7-17(25-3)18(9-13)26-4)12-19(23)21-14-6-8-16(24-2)15(20)10-14/h5-10H,11-12H2,1-4H3,(H,21,23). The van der Waals surface area contributed by atoms with Crippen molar-refractivity contribution in [2.45, 2.75) is 6.54 Å². The molecule has 6 nitrogen and oxygen atoms in total. The highest BCUT2D eigenvalue weighted by Crippen LogP contribution is 2.28. The number of methoxy groups -OCH3 is 3. The van der Waals surface area contributed by atoms with Crippen LogP contribution in [0.25, 0.3) is 0 Å². The molecule has 0 aliphatic rings. The molecular weight excluding hydrogens is 356 g/mol. The molecule has 140 valence electrons. The van der Waals surface area contributed by atoms with Crippen LogP contribution in [0.5, 0.6) is 17.2 Å². The highest BCUT2D eigenvalue weighted by Gasteiger charge is 2.11. The summed E-state index contributed by atoms with van der Waals surface area (Å²) in [6.45, 7) is 0.829. The molecule has 0 fully saturated rings. The Morgan fingerprint density at radius 1 is 1.00 bits per heavy atom. The number of halogens is 1. The van der Waals surface area contributed by atoms with Gasteiger partial charge < -0.3 is 19.5 Å². The maximum Gasteiger partial charge on any atom is 0.238 e. The Kier molecular flexibility index (Phi) is 7.12. The number of amides is 1. The minimum absolute atomic E-state index is 0.130. The monoisotopic (exact) mass is 378 g/mol. The van der Waals surface area contributed by atoms with Crippen LogP contribution in [0.3, 0.4) is 0 Å². The van der Waals surface area contributed by atoms with Gasteiger partial charge in [-0.25, -0.2) is 0 Å². The Balaban J connectivity index is 1.93. The molecule has 0 bridgehead atoms. The molecule has 1 amide bonds. The summed E-state index contributed by atoms with van der Waals surface area (Å²) in [6.07, 6.45) is 0. The zero-order valence-electron chi connectivity index (χ0n) is 15.3. The van der Waals surface area contributed by atoms with E-state index in [1.54, 1.807) is 39.5 Å². The molecular formula is C19H23ClN2O4. The van der Waals surface area contributed by atoms with Gasteiger partial charge in [0.2, 0.25) is 5.91 Å². The SMILES string of the molecule is COc1ccc(NC(=O)CN(C)Cc2ccc(OC)c(OC)c2)cc1Cl. The molecule has 2 aromatic carbocycles. The molecule has 1 N–H and O–H groups in total. The van der Waals surface area contributed by atoms with Gasteiger partial charge in [0.1, 0.15) is 5.75 Å². The smallest absolute Gasteiger partial charge is 0.238 e. The molecule has 0 atom stereocenters. The fourth-order valence-electron chi connectivity index (χ4n) is 2.54. The summed E-state index contributed by atoms with van der Waals surface area (Å²) in [5.41, 5.74) is 1.64. The molecule has 0 saturated carbocycles. The zero-order chi connectivity index (χ0) is 19.1. The number of carbonyl (C=O) groups is 1. The van der Waals surface area contributed by atoms with Crippen molar-refractivity contribution in [3.05, 3.63) is 47.0 Å². The second-order valence-corrected chi connectivity index (χ2v) is 6.17. The lowest BCUT2D eigenvalue weighted by Crippen LogP contribution is -2.29. The number of anilines is 1. The van der Waals surface area contributed by atoms with Crippen molar-refractivity contribution in [2.75, 3.05) is 40.2 Å². The third-order valence-corrected chi connectivity index (χ3v) is 4.04. The summed E-state index contributed by atoms with van der Waals surface area (Å²) in [5, 5.41) is 3.27. The molecule has 0 aliphatic carbocycles. The van der Waals surface area contributed by atoms with Crippen LogP contribution in [0.4, 0.5) is 5.69 Å². The quantitative estimate of drug-likeness (QED) is 0.762. The lowest BCUT2D eigenvalue weighted by Gasteiger charge is -2.17. The van der Waals surface area contributed by atoms with Gasteiger partial charge in [0.05, 0.1) is 32.9 Å². The van der Waals surface area contributed by atoms with E-state index in [1.165, 1.54) is 0 Å². The highest BCUT2D eigenvalue weighted by atomic mass is 35.5. The third-order valence-electron chi connectivity index (χ3n) is 3.75. The van der Waals surface area contributed by atoms with Crippen LogP contribution >= 0.6 is 11.6 Å². The third kappa shape index (κ3) is 5.28. The summed E-state index contributed by atoms with van der Waals surface area (Å²) in [6, 6.07) is 10.8. The summed E-state index contributed by atoms with van der Waals surface area (Å²) in [7, 11) is 6.61. The van der Waals surface area contributed by atoms with Gasteiger partial charge in [0.15, 0.2) is 11.5 Å². The molecule has 26 heavy (non-hydrogen) atoms. The second-order valence-electron chi connectivity index (χ2n) is 5.76. The number of benzene rings is 2. The van der Waals surface area contributed by atoms with E-state index in [1.807, 2.05) is 30.1 Å². The van der Waals surface area contributed by atoms with Crippen molar-refractivity contribution in [1.29, 1.82) is 0 Å². The maximum absolute atomic E-state index is 12.2. The maximum atomic E-state index is 12.2. The van der Waals surface area contributed by atoms with Gasteiger partial charge in [-0.2, -0.15) is 0 Å². The van der Waals surface area contributed by atoms with E-state index in [0.29, 0.717) is 34.5 Å². The van der Waals surface area contributed by atoms with Crippen LogP contribution < -0.4 is 19.5 Å². The normalized spacial score (nSPS) is 10.5. The number of ether oxygens (including phenoxy) is 3. The predicted molar refractivity (Wildman–Crippen MR) is 103 cm³/mol. The van der Waals surface area contributed by atoms with Gasteiger partial charge in [-0.15, -0.1) is 0 Å². The zero-order valence-corrected chi connectivity index (χ0v) is 16.1. The van der Waals surface area contributed by atoms with E-state index < -0.39 is 0 Å². The van der Waals surface area contributed by atoms with Gasteiger partial charge >= 0.3 is 0 Å². The van der Waals surface area contributed by atoms with E-state index in [2.05, 4.69) is 5.32 Å². The Morgan fingerprint density at radius 3 is 2.27 bits per heavy atom. The van der Waals surface area contributed by atoms with Crippen molar-refractivity contribution in [3.63, 3.8) is 0 Å². The fraction of sp³-hybridized carbons (Fsp3) is 0.316. The van der Waals surface area contributed by atoms with Crippen molar-refractivity contribution >= 4 is 23.2 Å². The first kappa shape index (κ1) is 19.9. The number of likely N-dealkylation sites (N-methyl/N-ethyl adjacent to an activating group) is 1. The Bertz CT molecular complexity index is 767. The summed E-state index contributed by atoms with van der Waals surface area (Å²) < 4.78 is 15.6. The van der Waals surface area contributed by atoms with Crippen LogP contribution in [0.15, 0.2) is 36.4 Å². The fourth-order valence-corrected chi connectivity index (χ4v) is 2.79. The Labute approximate surface area is 158 Å². The number of carbonyl (C=O) groups excluding carboxylic acids is 1. The number of nitrogens with one attached hydrogen (secondary N) is 1. The molecule has 2 rings (SSSR count). The second kappa shape index (κ2) is 9.31. The van der Waals surface area contributed by atoms with Crippen molar-refractivity contribution in [2.24, 2.45) is 0 Å². The lowest BCUT2D eigenvalue weighted by atomic mass is 10.2. The van der Waals surface area contributed by atoms with E-state index in [4.69, 9.17) is 25.8 Å². The van der Waals surface area contributed by atoms with E-state index in [-0.39, 0.29) is 12.5 Å². The molecule has 0 aromatic heterocycles. The van der Waals surface area contributed by atoms with Crippen molar-refractivity contribution in [3.8, 4) is 17.2 Å². The minimum atomic E-state index is -0.130. The van der Waals surface area contributed by atoms with Crippen LogP contribution in [-0.4, -0.2) is 45.7 Å². The lowest BCUT2D eigenvalue weighted by molar-refractivity contribution is -0.117. The Hall–Kier alpha value is -2.44. The van der Waals surface area contributed by atoms with Gasteiger partial charge in [-0.1, -0.05) is 17.7 Å². The van der Waals surface area contributed by atoms with E-state index >= 15 is 0 Å². The molecule has 7 heteroatoms. The molecule has 2 aromatic rings. The molecule has 0 saturated heterocycles. The summed E-state index contributed by atoms with van der Waals surface area (Å²) in [5.74, 6) is 1.77. The molecule has 0 aliphatic heterocycles. The van der Waals surface area contributed by atoms with E-state index in [9.17, 15) is 4.79 Å². The first-order valence-electron chi connectivity index (χ1n) is 7.99. The molecule has 0 radical (unpaired) electrons. The van der Waals surface area contributed by atoms with Crippen LogP contribution in [0, 0.1) is 0 Å². The number of hydrogen-bond donors (Lipinski definition) is 1. The number of hydrogen-bond acceptors (Lipinski definition) is 5. The molecule has 0 spiro atoms. The average molecular weight is 379 g/mol. The topological polar surface area (TPSA) is 60.0 Å². The van der Waals surface area contributed by atoms with E-state index in [0.717, 1.165) is 5.56 Å². The highest BCUT2D eigenvalue weighted by molar-refractivity contribution is 6.32. The average Bonchev–Trinajstić information content (AvgIpc) is 2.61. The van der Waals surface area contributed by atoms with Gasteiger partial charge in [0.25, 0.3) is 0 Å². The first-order chi connectivity index (χ1) is 12.5. The van der Waals surface area contributed by atoms with Crippen LogP contribution in [0.2, 0.25) is 5.02 Å². The summed E-state index contributed by atoms with van der Waals surface area (Å²) >= 11 is 6.07. The largest absolute Gasteiger partial charge is 0.495 e. The summed E-state index contributed by atoms with van der Waals surface area (Å²) in [4.78, 5) is 14.1. The Morgan fingerprint density at radius 2 is 1.65 bits per heavy atom. The van der Waals surface area contributed by atoms with Crippen LogP contribution in [0.1, 0.15) is 5.56 Å². The van der Waals surface area contributed by atoms with Gasteiger partial charge in [-0.3, -0.25) is 9.69 Å². The molecule has 0 unspecified atom stereocenters. The number of rotatable bonds is 8. The van der Waals surface area contributed by atoms with Gasteiger partial charge in [0, 0.05) is 12.2 Å². The number of nitrogens with zero attached hydrogens (tertiary/aromatic N) is 1. The van der Waals surface area contributed by atoms with Crippen molar-refractivity contribution < 1.29 is 19.0 Å². The first-order valence-corrected chi connectivity index (χ1v) is 8.37. The van der Waals surface area contributed by atoms with Crippen LogP contribution in [-0.2, 0) is 11.3 Å². The minimum Gasteiger partial charge on any atom is -0.495 e. The van der Waals surface area contributed by atoms with Gasteiger partial charge in [-0.05, 0) is 42.9 Å². The van der Waals surface area contributed by atoms with Crippen molar-refractivity contribution in [1.82, 2.24) is 4.90 Å². The molecule has 0 heterocycles.